The van der Waals surface area contributed by atoms with Gasteiger partial charge in [0, 0.05) is 11.0 Å². The second kappa shape index (κ2) is 8.13. The molecule has 5 heteroatoms. The van der Waals surface area contributed by atoms with Crippen LogP contribution in [0.5, 0.6) is 5.75 Å². The van der Waals surface area contributed by atoms with Gasteiger partial charge in [0.25, 0.3) is 0 Å². The summed E-state index contributed by atoms with van der Waals surface area (Å²) in [5.41, 5.74) is 1.83. The molecule has 0 aliphatic carbocycles. The molecular formula is C18H21BrN2O2. The number of benzene rings is 2. The van der Waals surface area contributed by atoms with Crippen LogP contribution in [0.2, 0.25) is 0 Å². The number of para-hydroxylation sites is 2. The fraction of sp³-hybridized carbons (Fsp3) is 0.278. The van der Waals surface area contributed by atoms with Crippen LogP contribution < -0.4 is 10.1 Å². The molecular weight excluding hydrogens is 356 g/mol. The van der Waals surface area contributed by atoms with Crippen molar-refractivity contribution in [3.8, 4) is 5.75 Å². The Kier molecular flexibility index (Phi) is 6.19. The number of amides is 1. The number of likely N-dealkylation sites (N-methyl/N-ethyl adjacent to an activating group) is 1. The van der Waals surface area contributed by atoms with Gasteiger partial charge in [-0.05, 0) is 37.7 Å². The molecule has 2 aromatic carbocycles. The molecule has 0 aliphatic heterocycles. The van der Waals surface area contributed by atoms with E-state index in [9.17, 15) is 4.79 Å². The molecule has 1 amide bonds. The summed E-state index contributed by atoms with van der Waals surface area (Å²) >= 11 is 3.54. The summed E-state index contributed by atoms with van der Waals surface area (Å²) in [6.07, 6.45) is 0. The van der Waals surface area contributed by atoms with Crippen LogP contribution in [0.25, 0.3) is 0 Å². The number of ether oxygens (including phenoxy) is 1. The Morgan fingerprint density at radius 2 is 1.87 bits per heavy atom. The Morgan fingerprint density at radius 3 is 2.57 bits per heavy atom. The van der Waals surface area contributed by atoms with E-state index in [2.05, 4.69) is 21.2 Å². The highest BCUT2D eigenvalue weighted by Gasteiger charge is 2.19. The molecule has 2 rings (SSSR count). The zero-order chi connectivity index (χ0) is 16.8. The molecule has 0 spiro atoms. The van der Waals surface area contributed by atoms with Gasteiger partial charge in [-0.2, -0.15) is 0 Å². The van der Waals surface area contributed by atoms with Gasteiger partial charge >= 0.3 is 0 Å². The molecule has 23 heavy (non-hydrogen) atoms. The molecule has 122 valence electrons. The number of carbonyl (C=O) groups is 1. The van der Waals surface area contributed by atoms with Gasteiger partial charge in [0.2, 0.25) is 5.91 Å². The van der Waals surface area contributed by atoms with E-state index in [0.717, 1.165) is 10.0 Å². The Balaban J connectivity index is 2.03. The van der Waals surface area contributed by atoms with Gasteiger partial charge in [0.1, 0.15) is 5.75 Å². The standard InChI is InChI=1S/C18H21BrN2O2/c1-13(21(2)12-14-8-4-5-9-15(14)19)18(22)20-16-10-6-7-11-17(16)23-3/h4-11,13H,12H2,1-3H3,(H,20,22). The maximum Gasteiger partial charge on any atom is 0.241 e. The zero-order valence-corrected chi connectivity index (χ0v) is 15.1. The van der Waals surface area contributed by atoms with E-state index in [1.54, 1.807) is 7.11 Å². The Labute approximate surface area is 145 Å². The van der Waals surface area contributed by atoms with Crippen molar-refractivity contribution in [2.24, 2.45) is 0 Å². The monoisotopic (exact) mass is 376 g/mol. The number of halogens is 1. The van der Waals surface area contributed by atoms with Crippen molar-refractivity contribution in [1.82, 2.24) is 4.90 Å². The van der Waals surface area contributed by atoms with Crippen molar-refractivity contribution in [2.75, 3.05) is 19.5 Å². The van der Waals surface area contributed by atoms with Crippen LogP contribution in [0.4, 0.5) is 5.69 Å². The third-order valence-corrected chi connectivity index (χ3v) is 4.56. The van der Waals surface area contributed by atoms with Crippen LogP contribution in [0.15, 0.2) is 53.0 Å². The Hall–Kier alpha value is -1.85. The van der Waals surface area contributed by atoms with Crippen molar-refractivity contribution < 1.29 is 9.53 Å². The van der Waals surface area contributed by atoms with E-state index < -0.39 is 0 Å². The fourth-order valence-corrected chi connectivity index (χ4v) is 2.63. The van der Waals surface area contributed by atoms with Crippen LogP contribution in [0.3, 0.4) is 0 Å². The summed E-state index contributed by atoms with van der Waals surface area (Å²) in [7, 11) is 3.53. The molecule has 1 unspecified atom stereocenters. The van der Waals surface area contributed by atoms with Crippen molar-refractivity contribution in [3.05, 3.63) is 58.6 Å². The average molecular weight is 377 g/mol. The molecule has 0 radical (unpaired) electrons. The first-order valence-corrected chi connectivity index (χ1v) is 8.19. The number of hydrogen-bond acceptors (Lipinski definition) is 3. The summed E-state index contributed by atoms with van der Waals surface area (Å²) < 4.78 is 6.31. The van der Waals surface area contributed by atoms with E-state index >= 15 is 0 Å². The van der Waals surface area contributed by atoms with Gasteiger partial charge in [-0.3, -0.25) is 9.69 Å². The van der Waals surface area contributed by atoms with Crippen molar-refractivity contribution >= 4 is 27.5 Å². The maximum absolute atomic E-state index is 12.5. The van der Waals surface area contributed by atoms with E-state index in [4.69, 9.17) is 4.74 Å². The minimum atomic E-state index is -0.271. The van der Waals surface area contributed by atoms with Gasteiger partial charge in [-0.15, -0.1) is 0 Å². The molecule has 0 aromatic heterocycles. The van der Waals surface area contributed by atoms with Crippen LogP contribution in [0, 0.1) is 0 Å². The molecule has 0 heterocycles. The molecule has 0 bridgehead atoms. The lowest BCUT2D eigenvalue weighted by Crippen LogP contribution is -2.39. The van der Waals surface area contributed by atoms with Crippen LogP contribution in [-0.4, -0.2) is 31.0 Å². The van der Waals surface area contributed by atoms with Crippen LogP contribution in [0.1, 0.15) is 12.5 Å². The predicted octanol–water partition coefficient (Wildman–Crippen LogP) is 3.92. The summed E-state index contributed by atoms with van der Waals surface area (Å²) in [4.78, 5) is 14.5. The third-order valence-electron chi connectivity index (χ3n) is 3.78. The van der Waals surface area contributed by atoms with Crippen LogP contribution in [-0.2, 0) is 11.3 Å². The smallest absolute Gasteiger partial charge is 0.241 e. The Bertz CT molecular complexity index is 676. The van der Waals surface area contributed by atoms with E-state index in [1.807, 2.05) is 67.4 Å². The second-order valence-corrected chi connectivity index (χ2v) is 6.23. The topological polar surface area (TPSA) is 41.6 Å². The molecule has 0 fully saturated rings. The molecule has 1 N–H and O–H groups in total. The zero-order valence-electron chi connectivity index (χ0n) is 13.5. The lowest BCUT2D eigenvalue weighted by Gasteiger charge is -2.24. The summed E-state index contributed by atoms with van der Waals surface area (Å²) in [5.74, 6) is 0.588. The number of nitrogens with zero attached hydrogens (tertiary/aromatic N) is 1. The molecule has 1 atom stereocenters. The molecule has 0 aliphatic rings. The van der Waals surface area contributed by atoms with Crippen molar-refractivity contribution in [2.45, 2.75) is 19.5 Å². The van der Waals surface area contributed by atoms with Gasteiger partial charge in [0.15, 0.2) is 0 Å². The van der Waals surface area contributed by atoms with Gasteiger partial charge in [0.05, 0.1) is 18.8 Å². The number of rotatable bonds is 6. The lowest BCUT2D eigenvalue weighted by atomic mass is 10.2. The predicted molar refractivity (Wildman–Crippen MR) is 96.7 cm³/mol. The van der Waals surface area contributed by atoms with E-state index in [1.165, 1.54) is 0 Å². The minimum Gasteiger partial charge on any atom is -0.495 e. The van der Waals surface area contributed by atoms with E-state index in [0.29, 0.717) is 18.0 Å². The number of carbonyl (C=O) groups excluding carboxylic acids is 1. The lowest BCUT2D eigenvalue weighted by molar-refractivity contribution is -0.120. The van der Waals surface area contributed by atoms with Gasteiger partial charge in [-0.25, -0.2) is 0 Å². The Morgan fingerprint density at radius 1 is 1.22 bits per heavy atom. The molecule has 4 nitrogen and oxygen atoms in total. The third kappa shape index (κ3) is 4.56. The van der Waals surface area contributed by atoms with Crippen molar-refractivity contribution in [3.63, 3.8) is 0 Å². The minimum absolute atomic E-state index is 0.0657. The number of methoxy groups -OCH3 is 1. The second-order valence-electron chi connectivity index (χ2n) is 5.37. The fourth-order valence-electron chi connectivity index (χ4n) is 2.22. The highest BCUT2D eigenvalue weighted by molar-refractivity contribution is 9.10. The van der Waals surface area contributed by atoms with Crippen molar-refractivity contribution in [1.29, 1.82) is 0 Å². The highest BCUT2D eigenvalue weighted by atomic mass is 79.9. The summed E-state index contributed by atoms with van der Waals surface area (Å²) in [6, 6.07) is 15.1. The van der Waals surface area contributed by atoms with Gasteiger partial charge < -0.3 is 10.1 Å². The maximum atomic E-state index is 12.5. The average Bonchev–Trinajstić information content (AvgIpc) is 2.56. The number of anilines is 1. The number of nitrogens with one attached hydrogen (secondary N) is 1. The normalized spacial score (nSPS) is 12.0. The number of hydrogen-bond donors (Lipinski definition) is 1. The summed E-state index contributed by atoms with van der Waals surface area (Å²) in [6.45, 7) is 2.57. The van der Waals surface area contributed by atoms with Crippen LogP contribution >= 0.6 is 15.9 Å². The summed E-state index contributed by atoms with van der Waals surface area (Å²) in [5, 5.41) is 2.93. The van der Waals surface area contributed by atoms with Gasteiger partial charge in [-0.1, -0.05) is 46.3 Å². The largest absolute Gasteiger partial charge is 0.495 e. The van der Waals surface area contributed by atoms with E-state index in [-0.39, 0.29) is 11.9 Å². The molecule has 2 aromatic rings. The molecule has 0 saturated heterocycles. The molecule has 0 saturated carbocycles. The first-order valence-electron chi connectivity index (χ1n) is 7.40. The SMILES string of the molecule is COc1ccccc1NC(=O)C(C)N(C)Cc1ccccc1Br. The first kappa shape index (κ1) is 17.5. The quantitative estimate of drug-likeness (QED) is 0.830. The first-order chi connectivity index (χ1) is 11.0. The highest BCUT2D eigenvalue weighted by Crippen LogP contribution is 2.24.